The highest BCUT2D eigenvalue weighted by molar-refractivity contribution is 5.92. The highest BCUT2D eigenvalue weighted by Crippen LogP contribution is 2.34. The highest BCUT2D eigenvalue weighted by atomic mass is 16.6. The lowest BCUT2D eigenvalue weighted by Crippen LogP contribution is -2.20. The van der Waals surface area contributed by atoms with Gasteiger partial charge < -0.3 is 19.4 Å². The molecule has 0 atom stereocenters. The maximum absolute atomic E-state index is 12.6. The van der Waals surface area contributed by atoms with Crippen molar-refractivity contribution in [2.75, 3.05) is 18.5 Å². The Balaban J connectivity index is 1.65. The van der Waals surface area contributed by atoms with Crippen molar-refractivity contribution in [3.63, 3.8) is 0 Å². The predicted molar refractivity (Wildman–Crippen MR) is 99.9 cm³/mol. The van der Waals surface area contributed by atoms with Crippen LogP contribution in [-0.2, 0) is 17.8 Å². The van der Waals surface area contributed by atoms with Crippen LogP contribution in [0.5, 0.6) is 11.5 Å². The second kappa shape index (κ2) is 6.71. The molecule has 0 fully saturated rings. The quantitative estimate of drug-likeness (QED) is 0.783. The summed E-state index contributed by atoms with van der Waals surface area (Å²) in [4.78, 5) is 17.2. The predicted octanol–water partition coefficient (Wildman–Crippen LogP) is 3.32. The van der Waals surface area contributed by atoms with Crippen LogP contribution in [-0.4, -0.2) is 28.7 Å². The molecule has 0 saturated carbocycles. The smallest absolute Gasteiger partial charge is 0.244 e. The summed E-state index contributed by atoms with van der Waals surface area (Å²) < 4.78 is 13.3. The summed E-state index contributed by atoms with van der Waals surface area (Å²) in [6.07, 6.45) is 0.735. The summed E-state index contributed by atoms with van der Waals surface area (Å²) in [7, 11) is 0. The molecule has 2 aromatic carbocycles. The number of amides is 1. The van der Waals surface area contributed by atoms with Gasteiger partial charge in [-0.1, -0.05) is 19.1 Å². The molecular formula is C20H21N3O3. The topological polar surface area (TPSA) is 65.4 Å². The standard InChI is InChI=1S/C20H21N3O3/c1-3-19-22-15-10-17-18(26-8-7-25-17)11-16(15)23(19)12-20(24)21-14-6-4-5-13(2)9-14/h4-6,9-11H,3,7-8,12H2,1-2H3,(H,21,24). The van der Waals surface area contributed by atoms with Gasteiger partial charge in [-0.15, -0.1) is 0 Å². The van der Waals surface area contributed by atoms with Crippen molar-refractivity contribution in [1.29, 1.82) is 0 Å². The van der Waals surface area contributed by atoms with E-state index >= 15 is 0 Å². The zero-order chi connectivity index (χ0) is 18.1. The van der Waals surface area contributed by atoms with E-state index in [0.29, 0.717) is 24.7 Å². The summed E-state index contributed by atoms with van der Waals surface area (Å²) >= 11 is 0. The van der Waals surface area contributed by atoms with Gasteiger partial charge in [0.2, 0.25) is 5.91 Å². The van der Waals surface area contributed by atoms with Gasteiger partial charge in [-0.2, -0.15) is 0 Å². The molecule has 1 aliphatic heterocycles. The van der Waals surface area contributed by atoms with Crippen LogP contribution in [0.25, 0.3) is 11.0 Å². The fourth-order valence-electron chi connectivity index (χ4n) is 3.22. The monoisotopic (exact) mass is 351 g/mol. The fraction of sp³-hybridized carbons (Fsp3) is 0.300. The number of ether oxygens (including phenoxy) is 2. The van der Waals surface area contributed by atoms with Crippen molar-refractivity contribution >= 4 is 22.6 Å². The van der Waals surface area contributed by atoms with E-state index in [1.54, 1.807) is 0 Å². The van der Waals surface area contributed by atoms with Gasteiger partial charge in [-0.25, -0.2) is 4.98 Å². The summed E-state index contributed by atoms with van der Waals surface area (Å²) in [5, 5.41) is 2.96. The van der Waals surface area contributed by atoms with Gasteiger partial charge in [0.05, 0.1) is 11.0 Å². The van der Waals surface area contributed by atoms with Gasteiger partial charge in [0.1, 0.15) is 25.6 Å². The highest BCUT2D eigenvalue weighted by Gasteiger charge is 2.19. The number of aryl methyl sites for hydroxylation is 2. The molecule has 4 rings (SSSR count). The number of nitrogens with one attached hydrogen (secondary N) is 1. The van der Waals surface area contributed by atoms with E-state index in [0.717, 1.165) is 34.5 Å². The molecule has 1 amide bonds. The molecule has 0 radical (unpaired) electrons. The molecule has 0 spiro atoms. The van der Waals surface area contributed by atoms with Gasteiger partial charge in [-0.05, 0) is 24.6 Å². The van der Waals surface area contributed by atoms with Crippen molar-refractivity contribution in [1.82, 2.24) is 9.55 Å². The first kappa shape index (κ1) is 16.4. The number of carbonyl (C=O) groups is 1. The average molecular weight is 351 g/mol. The first-order chi connectivity index (χ1) is 12.6. The molecule has 3 aromatic rings. The molecule has 6 heteroatoms. The number of anilines is 1. The van der Waals surface area contributed by atoms with Crippen molar-refractivity contribution in [3.8, 4) is 11.5 Å². The van der Waals surface area contributed by atoms with E-state index in [1.807, 2.05) is 54.8 Å². The molecule has 0 bridgehead atoms. The molecule has 134 valence electrons. The van der Waals surface area contributed by atoms with Gasteiger partial charge in [0.25, 0.3) is 0 Å². The number of fused-ring (bicyclic) bond motifs is 2. The van der Waals surface area contributed by atoms with Crippen LogP contribution in [0.4, 0.5) is 5.69 Å². The van der Waals surface area contributed by atoms with Crippen LogP contribution in [0.2, 0.25) is 0 Å². The van der Waals surface area contributed by atoms with E-state index in [4.69, 9.17) is 9.47 Å². The first-order valence-electron chi connectivity index (χ1n) is 8.79. The van der Waals surface area contributed by atoms with Crippen molar-refractivity contribution in [3.05, 3.63) is 47.8 Å². The van der Waals surface area contributed by atoms with E-state index in [2.05, 4.69) is 10.3 Å². The normalized spacial score (nSPS) is 13.0. The second-order valence-electron chi connectivity index (χ2n) is 6.37. The number of carbonyl (C=O) groups excluding carboxylic acids is 1. The van der Waals surface area contributed by atoms with E-state index in [9.17, 15) is 4.79 Å². The molecule has 1 N–H and O–H groups in total. The number of benzene rings is 2. The third-order valence-corrected chi connectivity index (χ3v) is 4.41. The number of imidazole rings is 1. The Bertz CT molecular complexity index is 978. The zero-order valence-corrected chi connectivity index (χ0v) is 14.9. The lowest BCUT2D eigenvalue weighted by atomic mass is 10.2. The Kier molecular flexibility index (Phi) is 4.24. The Morgan fingerprint density at radius 1 is 1.19 bits per heavy atom. The minimum atomic E-state index is -0.0838. The summed E-state index contributed by atoms with van der Waals surface area (Å²) in [5.74, 6) is 2.19. The Morgan fingerprint density at radius 2 is 1.96 bits per heavy atom. The minimum absolute atomic E-state index is 0.0838. The van der Waals surface area contributed by atoms with Crippen LogP contribution < -0.4 is 14.8 Å². The van der Waals surface area contributed by atoms with Crippen molar-refractivity contribution < 1.29 is 14.3 Å². The maximum atomic E-state index is 12.6. The van der Waals surface area contributed by atoms with Gasteiger partial charge in [0.15, 0.2) is 11.5 Å². The molecule has 0 unspecified atom stereocenters. The summed E-state index contributed by atoms with van der Waals surface area (Å²) in [6, 6.07) is 11.6. The van der Waals surface area contributed by atoms with Crippen LogP contribution in [0.3, 0.4) is 0 Å². The maximum Gasteiger partial charge on any atom is 0.244 e. The first-order valence-corrected chi connectivity index (χ1v) is 8.79. The van der Waals surface area contributed by atoms with Gasteiger partial charge >= 0.3 is 0 Å². The third-order valence-electron chi connectivity index (χ3n) is 4.41. The minimum Gasteiger partial charge on any atom is -0.486 e. The fourth-order valence-corrected chi connectivity index (χ4v) is 3.22. The SMILES string of the molecule is CCc1nc2cc3c(cc2n1CC(=O)Nc1cccc(C)c1)OCCO3. The van der Waals surface area contributed by atoms with Crippen molar-refractivity contribution in [2.24, 2.45) is 0 Å². The second-order valence-corrected chi connectivity index (χ2v) is 6.37. The van der Waals surface area contributed by atoms with Crippen LogP contribution >= 0.6 is 0 Å². The van der Waals surface area contributed by atoms with E-state index in [1.165, 1.54) is 0 Å². The number of hydrogen-bond donors (Lipinski definition) is 1. The molecule has 26 heavy (non-hydrogen) atoms. The molecular weight excluding hydrogens is 330 g/mol. The lowest BCUT2D eigenvalue weighted by molar-refractivity contribution is -0.116. The third kappa shape index (κ3) is 3.10. The Labute approximate surface area is 151 Å². The summed E-state index contributed by atoms with van der Waals surface area (Å²) in [5.41, 5.74) is 3.60. The van der Waals surface area contributed by atoms with Crippen molar-refractivity contribution in [2.45, 2.75) is 26.8 Å². The Morgan fingerprint density at radius 3 is 2.69 bits per heavy atom. The van der Waals surface area contributed by atoms with Crippen LogP contribution in [0, 0.1) is 6.92 Å². The van der Waals surface area contributed by atoms with Crippen LogP contribution in [0.15, 0.2) is 36.4 Å². The molecule has 1 aromatic heterocycles. The molecule has 1 aliphatic rings. The van der Waals surface area contributed by atoms with Crippen LogP contribution in [0.1, 0.15) is 18.3 Å². The van der Waals surface area contributed by atoms with E-state index < -0.39 is 0 Å². The molecule has 6 nitrogen and oxygen atoms in total. The number of hydrogen-bond acceptors (Lipinski definition) is 4. The van der Waals surface area contributed by atoms with E-state index in [-0.39, 0.29) is 12.5 Å². The zero-order valence-electron chi connectivity index (χ0n) is 14.9. The number of nitrogens with zero attached hydrogens (tertiary/aromatic N) is 2. The average Bonchev–Trinajstić information content (AvgIpc) is 2.96. The molecule has 0 saturated heterocycles. The molecule has 2 heterocycles. The number of rotatable bonds is 4. The van der Waals surface area contributed by atoms with Gasteiger partial charge in [0, 0.05) is 24.2 Å². The summed E-state index contributed by atoms with van der Waals surface area (Å²) in [6.45, 7) is 5.30. The number of aromatic nitrogens is 2. The largest absolute Gasteiger partial charge is 0.486 e. The van der Waals surface area contributed by atoms with Gasteiger partial charge in [-0.3, -0.25) is 4.79 Å². The Hall–Kier alpha value is -3.02. The molecule has 0 aliphatic carbocycles. The lowest BCUT2D eigenvalue weighted by Gasteiger charge is -2.18.